The predicted octanol–water partition coefficient (Wildman–Crippen LogP) is 3.79. The Bertz CT molecular complexity index is 248. The molecule has 0 N–H and O–H groups in total. The Kier molecular flexibility index (Phi) is 6.66. The largest absolute Gasteiger partial charge is 0.303 e. The maximum Gasteiger partial charge on any atom is 0.0146 e. The standard InChI is InChI=1S/C16H29N/c1-14(2)7-5-6-8-16-9-11-17(12-10-16)13-15(3)4/h14-16H,6,8-13H2,1-4H3. The van der Waals surface area contributed by atoms with Gasteiger partial charge in [-0.05, 0) is 44.2 Å². The van der Waals surface area contributed by atoms with Gasteiger partial charge >= 0.3 is 0 Å². The molecule has 0 spiro atoms. The maximum atomic E-state index is 3.31. The monoisotopic (exact) mass is 235 g/mol. The van der Waals surface area contributed by atoms with E-state index in [4.69, 9.17) is 0 Å². The van der Waals surface area contributed by atoms with Crippen molar-refractivity contribution in [3.8, 4) is 11.8 Å². The van der Waals surface area contributed by atoms with Crippen LogP contribution in [-0.2, 0) is 0 Å². The van der Waals surface area contributed by atoms with Crippen LogP contribution in [0.15, 0.2) is 0 Å². The second-order valence-electron chi connectivity index (χ2n) is 6.15. The molecule has 0 amide bonds. The molecular formula is C16H29N. The summed E-state index contributed by atoms with van der Waals surface area (Å²) in [6, 6.07) is 0. The van der Waals surface area contributed by atoms with Crippen LogP contribution in [0, 0.1) is 29.6 Å². The van der Waals surface area contributed by atoms with Crippen molar-refractivity contribution in [3.63, 3.8) is 0 Å². The summed E-state index contributed by atoms with van der Waals surface area (Å²) in [5, 5.41) is 0. The molecule has 0 unspecified atom stereocenters. The van der Waals surface area contributed by atoms with Crippen molar-refractivity contribution in [3.05, 3.63) is 0 Å². The molecule has 0 aromatic carbocycles. The first kappa shape index (κ1) is 14.6. The fraction of sp³-hybridized carbons (Fsp3) is 0.875. The normalized spacial score (nSPS) is 18.5. The molecule has 0 bridgehead atoms. The first-order valence-corrected chi connectivity index (χ1v) is 7.28. The number of likely N-dealkylation sites (tertiary alicyclic amines) is 1. The van der Waals surface area contributed by atoms with Gasteiger partial charge in [0.25, 0.3) is 0 Å². The van der Waals surface area contributed by atoms with Gasteiger partial charge in [0, 0.05) is 18.9 Å². The van der Waals surface area contributed by atoms with Crippen LogP contribution in [0.1, 0.15) is 53.4 Å². The van der Waals surface area contributed by atoms with Gasteiger partial charge in [0.1, 0.15) is 0 Å². The molecule has 1 rings (SSSR count). The Labute approximate surface area is 108 Å². The molecule has 0 atom stereocenters. The van der Waals surface area contributed by atoms with E-state index in [1.807, 2.05) is 0 Å². The topological polar surface area (TPSA) is 3.24 Å². The quantitative estimate of drug-likeness (QED) is 0.670. The van der Waals surface area contributed by atoms with Gasteiger partial charge in [-0.15, -0.1) is 11.8 Å². The van der Waals surface area contributed by atoms with Crippen LogP contribution in [-0.4, -0.2) is 24.5 Å². The Morgan fingerprint density at radius 1 is 1.12 bits per heavy atom. The number of hydrogen-bond acceptors (Lipinski definition) is 1. The lowest BCUT2D eigenvalue weighted by molar-refractivity contribution is 0.164. The Morgan fingerprint density at radius 3 is 2.29 bits per heavy atom. The molecule has 0 saturated carbocycles. The van der Waals surface area contributed by atoms with E-state index in [9.17, 15) is 0 Å². The van der Waals surface area contributed by atoms with E-state index >= 15 is 0 Å². The van der Waals surface area contributed by atoms with E-state index in [2.05, 4.69) is 44.4 Å². The second kappa shape index (κ2) is 7.77. The van der Waals surface area contributed by atoms with Gasteiger partial charge in [-0.3, -0.25) is 0 Å². The molecule has 0 aromatic rings. The highest BCUT2D eigenvalue weighted by atomic mass is 15.1. The third-order valence-electron chi connectivity index (χ3n) is 3.40. The Hall–Kier alpha value is -0.480. The summed E-state index contributed by atoms with van der Waals surface area (Å²) in [7, 11) is 0. The van der Waals surface area contributed by atoms with Gasteiger partial charge in [-0.1, -0.05) is 27.7 Å². The molecule has 1 fully saturated rings. The highest BCUT2D eigenvalue weighted by molar-refractivity contribution is 5.01. The first-order chi connectivity index (χ1) is 8.08. The van der Waals surface area contributed by atoms with Crippen LogP contribution in [0.5, 0.6) is 0 Å². The average molecular weight is 235 g/mol. The molecule has 1 saturated heterocycles. The highest BCUT2D eigenvalue weighted by Gasteiger charge is 2.18. The van der Waals surface area contributed by atoms with Gasteiger partial charge < -0.3 is 4.90 Å². The van der Waals surface area contributed by atoms with Crippen LogP contribution < -0.4 is 0 Å². The van der Waals surface area contributed by atoms with Crippen molar-refractivity contribution in [2.24, 2.45) is 17.8 Å². The van der Waals surface area contributed by atoms with E-state index < -0.39 is 0 Å². The smallest absolute Gasteiger partial charge is 0.0146 e. The lowest BCUT2D eigenvalue weighted by Gasteiger charge is -2.32. The van der Waals surface area contributed by atoms with Crippen molar-refractivity contribution in [2.45, 2.75) is 53.4 Å². The minimum Gasteiger partial charge on any atom is -0.303 e. The zero-order valence-electron chi connectivity index (χ0n) is 12.1. The Morgan fingerprint density at radius 2 is 1.76 bits per heavy atom. The minimum absolute atomic E-state index is 0.530. The molecule has 1 heteroatoms. The van der Waals surface area contributed by atoms with E-state index in [0.717, 1.165) is 18.3 Å². The van der Waals surface area contributed by atoms with Crippen molar-refractivity contribution in [1.82, 2.24) is 4.90 Å². The van der Waals surface area contributed by atoms with E-state index in [1.54, 1.807) is 0 Å². The van der Waals surface area contributed by atoms with Gasteiger partial charge in [-0.25, -0.2) is 0 Å². The predicted molar refractivity (Wildman–Crippen MR) is 75.9 cm³/mol. The molecule has 98 valence electrons. The highest BCUT2D eigenvalue weighted by Crippen LogP contribution is 2.22. The third kappa shape index (κ3) is 6.74. The fourth-order valence-electron chi connectivity index (χ4n) is 2.53. The molecule has 0 radical (unpaired) electrons. The van der Waals surface area contributed by atoms with Gasteiger partial charge in [0.2, 0.25) is 0 Å². The lowest BCUT2D eigenvalue weighted by Crippen LogP contribution is -2.36. The third-order valence-corrected chi connectivity index (χ3v) is 3.40. The number of rotatable bonds is 4. The summed E-state index contributed by atoms with van der Waals surface area (Å²) in [5.41, 5.74) is 0. The molecule has 17 heavy (non-hydrogen) atoms. The van der Waals surface area contributed by atoms with Crippen LogP contribution in [0.3, 0.4) is 0 Å². The summed E-state index contributed by atoms with van der Waals surface area (Å²) < 4.78 is 0. The zero-order chi connectivity index (χ0) is 12.7. The van der Waals surface area contributed by atoms with Crippen LogP contribution in [0.4, 0.5) is 0 Å². The molecule has 1 aliphatic heterocycles. The summed E-state index contributed by atoms with van der Waals surface area (Å²) in [6.45, 7) is 12.8. The van der Waals surface area contributed by atoms with E-state index in [0.29, 0.717) is 5.92 Å². The lowest BCUT2D eigenvalue weighted by atomic mass is 9.92. The summed E-state index contributed by atoms with van der Waals surface area (Å²) in [6.07, 6.45) is 5.19. The Balaban J connectivity index is 2.13. The number of nitrogens with zero attached hydrogens (tertiary/aromatic N) is 1. The molecular weight excluding hydrogens is 206 g/mol. The van der Waals surface area contributed by atoms with Crippen molar-refractivity contribution in [2.75, 3.05) is 19.6 Å². The molecule has 0 aliphatic carbocycles. The summed E-state index contributed by atoms with van der Waals surface area (Å²) in [4.78, 5) is 2.63. The number of hydrogen-bond donors (Lipinski definition) is 0. The second-order valence-corrected chi connectivity index (χ2v) is 6.15. The average Bonchev–Trinajstić information content (AvgIpc) is 2.25. The van der Waals surface area contributed by atoms with Crippen LogP contribution in [0.25, 0.3) is 0 Å². The molecule has 1 aliphatic rings. The first-order valence-electron chi connectivity index (χ1n) is 7.28. The van der Waals surface area contributed by atoms with Crippen molar-refractivity contribution >= 4 is 0 Å². The summed E-state index contributed by atoms with van der Waals surface area (Å²) in [5.74, 6) is 8.84. The minimum atomic E-state index is 0.530. The van der Waals surface area contributed by atoms with Crippen LogP contribution in [0.2, 0.25) is 0 Å². The van der Waals surface area contributed by atoms with Crippen LogP contribution >= 0.6 is 0 Å². The zero-order valence-corrected chi connectivity index (χ0v) is 12.1. The van der Waals surface area contributed by atoms with Crippen molar-refractivity contribution in [1.29, 1.82) is 0 Å². The summed E-state index contributed by atoms with van der Waals surface area (Å²) >= 11 is 0. The number of piperidine rings is 1. The molecule has 0 aromatic heterocycles. The SMILES string of the molecule is CC(C)C#CCCC1CCN(CC(C)C)CC1. The molecule has 1 nitrogen and oxygen atoms in total. The van der Waals surface area contributed by atoms with E-state index in [1.165, 1.54) is 38.9 Å². The van der Waals surface area contributed by atoms with Gasteiger partial charge in [-0.2, -0.15) is 0 Å². The van der Waals surface area contributed by atoms with E-state index in [-0.39, 0.29) is 0 Å². The van der Waals surface area contributed by atoms with Gasteiger partial charge in [0.05, 0.1) is 0 Å². The molecule has 1 heterocycles. The van der Waals surface area contributed by atoms with Crippen molar-refractivity contribution < 1.29 is 0 Å². The van der Waals surface area contributed by atoms with Gasteiger partial charge in [0.15, 0.2) is 0 Å². The maximum absolute atomic E-state index is 3.31. The fourth-order valence-corrected chi connectivity index (χ4v) is 2.53.